The lowest BCUT2D eigenvalue weighted by Crippen LogP contribution is -2.28. The van der Waals surface area contributed by atoms with Crippen molar-refractivity contribution in [2.45, 2.75) is 26.8 Å². The number of esters is 1. The third-order valence-electron chi connectivity index (χ3n) is 4.62. The Bertz CT molecular complexity index is 1040. The largest absolute Gasteiger partial charge is 0.452 e. The highest BCUT2D eigenvalue weighted by atomic mass is 16.5. The van der Waals surface area contributed by atoms with Gasteiger partial charge in [-0.05, 0) is 25.0 Å². The predicted octanol–water partition coefficient (Wildman–Crippen LogP) is 3.99. The number of nitrogens with one attached hydrogen (secondary N) is 1. The fourth-order valence-electron chi connectivity index (χ4n) is 3.00. The van der Waals surface area contributed by atoms with E-state index < -0.39 is 5.97 Å². The molecule has 0 fully saturated rings. The molecular formula is C25H27N3O3. The molecule has 2 aromatic carbocycles. The molecule has 0 spiro atoms. The summed E-state index contributed by atoms with van der Waals surface area (Å²) in [7, 11) is 0. The van der Waals surface area contributed by atoms with Gasteiger partial charge in [0.25, 0.3) is 5.91 Å². The second kappa shape index (κ2) is 10.9. The lowest BCUT2D eigenvalue weighted by Gasteiger charge is -2.03. The Kier molecular flexibility index (Phi) is 7.76. The fraction of sp³-hybridized carbons (Fsp3) is 0.240. The molecule has 1 amide bonds. The van der Waals surface area contributed by atoms with Crippen LogP contribution in [0.4, 0.5) is 0 Å². The smallest absolute Gasteiger partial charge is 0.331 e. The number of amides is 1. The molecule has 0 saturated heterocycles. The van der Waals surface area contributed by atoms with Crippen LogP contribution in [-0.2, 0) is 20.9 Å². The van der Waals surface area contributed by atoms with E-state index in [4.69, 9.17) is 9.84 Å². The highest BCUT2D eigenvalue weighted by molar-refractivity contribution is 5.90. The van der Waals surface area contributed by atoms with Crippen molar-refractivity contribution < 1.29 is 14.3 Å². The molecule has 6 nitrogen and oxygen atoms in total. The highest BCUT2D eigenvalue weighted by Crippen LogP contribution is 2.23. The second-order valence-electron chi connectivity index (χ2n) is 7.27. The van der Waals surface area contributed by atoms with Gasteiger partial charge in [0.2, 0.25) is 0 Å². The van der Waals surface area contributed by atoms with E-state index in [-0.39, 0.29) is 12.5 Å². The van der Waals surface area contributed by atoms with Crippen LogP contribution in [0.15, 0.2) is 66.9 Å². The van der Waals surface area contributed by atoms with Crippen molar-refractivity contribution in [2.75, 3.05) is 13.2 Å². The van der Waals surface area contributed by atoms with Crippen molar-refractivity contribution in [1.29, 1.82) is 0 Å². The van der Waals surface area contributed by atoms with Crippen LogP contribution < -0.4 is 5.32 Å². The quantitative estimate of drug-likeness (QED) is 0.422. The average molecular weight is 418 g/mol. The Hall–Kier alpha value is -3.67. The Balaban J connectivity index is 1.75. The summed E-state index contributed by atoms with van der Waals surface area (Å²) in [4.78, 5) is 23.6. The lowest BCUT2D eigenvalue weighted by atomic mass is 10.1. The van der Waals surface area contributed by atoms with Crippen LogP contribution in [0.2, 0.25) is 0 Å². The van der Waals surface area contributed by atoms with Crippen molar-refractivity contribution in [3.8, 4) is 11.3 Å². The van der Waals surface area contributed by atoms with E-state index in [1.54, 1.807) is 6.08 Å². The number of nitrogens with zero attached hydrogens (tertiary/aromatic N) is 2. The van der Waals surface area contributed by atoms with Crippen molar-refractivity contribution in [2.24, 2.45) is 0 Å². The Labute approximate surface area is 182 Å². The van der Waals surface area contributed by atoms with Crippen molar-refractivity contribution in [1.82, 2.24) is 15.1 Å². The fourth-order valence-corrected chi connectivity index (χ4v) is 3.00. The van der Waals surface area contributed by atoms with E-state index >= 15 is 0 Å². The molecule has 6 heteroatoms. The third kappa shape index (κ3) is 6.67. The minimum atomic E-state index is -0.572. The maximum atomic E-state index is 12.1. The van der Waals surface area contributed by atoms with Gasteiger partial charge < -0.3 is 10.1 Å². The maximum Gasteiger partial charge on any atom is 0.331 e. The zero-order chi connectivity index (χ0) is 22.1. The maximum absolute atomic E-state index is 12.1. The summed E-state index contributed by atoms with van der Waals surface area (Å²) in [6.07, 6.45) is 5.73. The number of rotatable bonds is 9. The number of carbonyl (C=O) groups is 2. The van der Waals surface area contributed by atoms with Gasteiger partial charge in [-0.1, -0.05) is 67.1 Å². The van der Waals surface area contributed by atoms with Crippen molar-refractivity contribution >= 4 is 18.0 Å². The predicted molar refractivity (Wildman–Crippen MR) is 121 cm³/mol. The number of aryl methyl sites for hydroxylation is 1. The Morgan fingerprint density at radius 1 is 1.10 bits per heavy atom. The number of ether oxygens (including phenoxy) is 1. The summed E-state index contributed by atoms with van der Waals surface area (Å²) in [6.45, 7) is 4.91. The molecule has 1 N–H and O–H groups in total. The van der Waals surface area contributed by atoms with Gasteiger partial charge in [-0.25, -0.2) is 4.79 Å². The molecule has 3 aromatic rings. The summed E-state index contributed by atoms with van der Waals surface area (Å²) >= 11 is 0. The highest BCUT2D eigenvalue weighted by Gasteiger charge is 2.11. The van der Waals surface area contributed by atoms with Gasteiger partial charge in [-0.2, -0.15) is 5.10 Å². The van der Waals surface area contributed by atoms with Gasteiger partial charge >= 0.3 is 5.97 Å². The molecule has 0 bridgehead atoms. The summed E-state index contributed by atoms with van der Waals surface area (Å²) in [5, 5.41) is 7.40. The van der Waals surface area contributed by atoms with Crippen LogP contribution in [0.3, 0.4) is 0 Å². The SMILES string of the molecule is CCCNC(=O)COC(=O)/C=C/c1cn(Cc2ccc(C)cc2)nc1-c1ccccc1. The average Bonchev–Trinajstić information content (AvgIpc) is 3.19. The number of hydrogen-bond donors (Lipinski definition) is 1. The molecule has 0 saturated carbocycles. The molecule has 160 valence electrons. The molecule has 0 aliphatic heterocycles. The van der Waals surface area contributed by atoms with Gasteiger partial charge in [0, 0.05) is 29.9 Å². The summed E-state index contributed by atoms with van der Waals surface area (Å²) < 4.78 is 6.87. The van der Waals surface area contributed by atoms with Crippen molar-refractivity contribution in [3.63, 3.8) is 0 Å². The minimum absolute atomic E-state index is 0.290. The normalized spacial score (nSPS) is 10.9. The van der Waals surface area contributed by atoms with Gasteiger partial charge in [-0.3, -0.25) is 9.48 Å². The Morgan fingerprint density at radius 3 is 2.55 bits per heavy atom. The van der Waals surface area contributed by atoms with E-state index in [9.17, 15) is 9.59 Å². The van der Waals surface area contributed by atoms with E-state index in [0.29, 0.717) is 13.1 Å². The van der Waals surface area contributed by atoms with Crippen LogP contribution in [0.1, 0.15) is 30.0 Å². The zero-order valence-corrected chi connectivity index (χ0v) is 17.9. The van der Waals surface area contributed by atoms with E-state index in [1.165, 1.54) is 11.6 Å². The number of carbonyl (C=O) groups excluding carboxylic acids is 2. The van der Waals surface area contributed by atoms with Crippen LogP contribution in [0, 0.1) is 6.92 Å². The van der Waals surface area contributed by atoms with Crippen LogP contribution >= 0.6 is 0 Å². The molecular weight excluding hydrogens is 390 g/mol. The summed E-state index contributed by atoms with van der Waals surface area (Å²) in [5.74, 6) is -0.878. The first-order chi connectivity index (χ1) is 15.0. The van der Waals surface area contributed by atoms with Crippen LogP contribution in [0.25, 0.3) is 17.3 Å². The Morgan fingerprint density at radius 2 is 1.84 bits per heavy atom. The van der Waals surface area contributed by atoms with Crippen LogP contribution in [0.5, 0.6) is 0 Å². The summed E-state index contributed by atoms with van der Waals surface area (Å²) in [5.41, 5.74) is 4.88. The van der Waals surface area contributed by atoms with Crippen molar-refractivity contribution in [3.05, 3.63) is 83.6 Å². The van der Waals surface area contributed by atoms with Gasteiger partial charge in [-0.15, -0.1) is 0 Å². The molecule has 0 atom stereocenters. The molecule has 1 heterocycles. The van der Waals surface area contributed by atoms with Gasteiger partial charge in [0.1, 0.15) is 0 Å². The molecule has 0 radical (unpaired) electrons. The molecule has 0 aliphatic rings. The zero-order valence-electron chi connectivity index (χ0n) is 17.9. The topological polar surface area (TPSA) is 73.2 Å². The van der Waals surface area contributed by atoms with E-state index in [0.717, 1.165) is 28.8 Å². The molecule has 0 unspecified atom stereocenters. The summed E-state index contributed by atoms with van der Waals surface area (Å²) in [6, 6.07) is 18.1. The van der Waals surface area contributed by atoms with Crippen LogP contribution in [-0.4, -0.2) is 34.8 Å². The first-order valence-electron chi connectivity index (χ1n) is 10.3. The number of aromatic nitrogens is 2. The standard InChI is InChI=1S/C25H27N3O3/c1-3-15-26-23(29)18-31-24(30)14-13-22-17-28(16-20-11-9-19(2)10-12-20)27-25(22)21-7-5-4-6-8-21/h4-14,17H,3,15-16,18H2,1-2H3,(H,26,29)/b14-13+. The van der Waals surface area contributed by atoms with E-state index in [2.05, 4.69) is 36.5 Å². The van der Waals surface area contributed by atoms with Gasteiger partial charge in [0.15, 0.2) is 6.61 Å². The molecule has 0 aliphatic carbocycles. The minimum Gasteiger partial charge on any atom is -0.452 e. The first kappa shape index (κ1) is 22.0. The molecule has 1 aromatic heterocycles. The monoisotopic (exact) mass is 417 g/mol. The second-order valence-corrected chi connectivity index (χ2v) is 7.27. The number of benzene rings is 2. The molecule has 31 heavy (non-hydrogen) atoms. The van der Waals surface area contributed by atoms with E-state index in [1.807, 2.05) is 48.1 Å². The lowest BCUT2D eigenvalue weighted by molar-refractivity contribution is -0.143. The number of hydrogen-bond acceptors (Lipinski definition) is 4. The third-order valence-corrected chi connectivity index (χ3v) is 4.62. The first-order valence-corrected chi connectivity index (χ1v) is 10.3. The molecule has 3 rings (SSSR count). The van der Waals surface area contributed by atoms with Gasteiger partial charge in [0.05, 0.1) is 12.2 Å².